The summed E-state index contributed by atoms with van der Waals surface area (Å²) in [6.45, 7) is 2.91. The van der Waals surface area contributed by atoms with Gasteiger partial charge in [0.05, 0.1) is 12.1 Å². The summed E-state index contributed by atoms with van der Waals surface area (Å²) in [4.78, 5) is 36.6. The lowest BCUT2D eigenvalue weighted by Gasteiger charge is -2.23. The van der Waals surface area contributed by atoms with E-state index >= 15 is 0 Å². The minimum absolute atomic E-state index is 0.0885. The van der Waals surface area contributed by atoms with Crippen LogP contribution < -0.4 is 16.2 Å². The number of aliphatic hydroxyl groups excluding tert-OH is 1. The molecular formula is C18H21N3O4. The molecule has 1 aromatic heterocycles. The number of carbonyl (C=O) groups is 2. The van der Waals surface area contributed by atoms with Crippen molar-refractivity contribution in [2.24, 2.45) is 0 Å². The van der Waals surface area contributed by atoms with E-state index in [1.165, 1.54) is 16.8 Å². The fourth-order valence-electron chi connectivity index (χ4n) is 2.15. The normalized spacial score (nSPS) is 11.0. The first-order valence-electron chi connectivity index (χ1n) is 7.80. The number of hydrogen-bond acceptors (Lipinski definition) is 4. The molecular weight excluding hydrogens is 322 g/mol. The van der Waals surface area contributed by atoms with Gasteiger partial charge in [0.1, 0.15) is 12.2 Å². The zero-order valence-corrected chi connectivity index (χ0v) is 14.2. The summed E-state index contributed by atoms with van der Waals surface area (Å²) in [7, 11) is 0. The summed E-state index contributed by atoms with van der Waals surface area (Å²) in [5.74, 6) is -0.811. The Hall–Kier alpha value is -2.93. The van der Waals surface area contributed by atoms with Gasteiger partial charge in [0.15, 0.2) is 0 Å². The summed E-state index contributed by atoms with van der Waals surface area (Å²) in [5, 5.41) is 14.4. The van der Waals surface area contributed by atoms with E-state index in [1.54, 1.807) is 50.2 Å². The quantitative estimate of drug-likeness (QED) is 0.728. The van der Waals surface area contributed by atoms with E-state index in [2.05, 4.69) is 10.6 Å². The topological polar surface area (TPSA) is 100 Å². The van der Waals surface area contributed by atoms with Crippen molar-refractivity contribution in [1.82, 2.24) is 9.88 Å². The second-order valence-electron chi connectivity index (χ2n) is 6.27. The first kappa shape index (κ1) is 18.4. The highest BCUT2D eigenvalue weighted by molar-refractivity contribution is 6.04. The maximum absolute atomic E-state index is 12.4. The molecule has 3 N–H and O–H groups in total. The molecule has 7 nitrogen and oxygen atoms in total. The van der Waals surface area contributed by atoms with Gasteiger partial charge in [0.25, 0.3) is 11.5 Å². The Kier molecular flexibility index (Phi) is 5.71. The molecule has 0 saturated carbocycles. The zero-order valence-electron chi connectivity index (χ0n) is 14.2. The minimum atomic E-state index is -0.778. The van der Waals surface area contributed by atoms with E-state index in [-0.39, 0.29) is 18.8 Å². The Morgan fingerprint density at radius 3 is 2.44 bits per heavy atom. The van der Waals surface area contributed by atoms with Crippen LogP contribution in [0.3, 0.4) is 0 Å². The highest BCUT2D eigenvalue weighted by atomic mass is 16.3. The third-order valence-electron chi connectivity index (χ3n) is 3.49. The van der Waals surface area contributed by atoms with E-state index in [1.807, 2.05) is 0 Å². The number of carbonyl (C=O) groups excluding carboxylic acids is 2. The molecule has 0 bridgehead atoms. The number of anilines is 1. The molecule has 1 heterocycles. The summed E-state index contributed by atoms with van der Waals surface area (Å²) in [6, 6.07) is 11.6. The predicted molar refractivity (Wildman–Crippen MR) is 94.4 cm³/mol. The van der Waals surface area contributed by atoms with Crippen LogP contribution in [0.1, 0.15) is 24.2 Å². The zero-order chi connectivity index (χ0) is 18.4. The summed E-state index contributed by atoms with van der Waals surface area (Å²) in [6.07, 6.45) is 1.46. The Labute approximate surface area is 145 Å². The summed E-state index contributed by atoms with van der Waals surface area (Å²) in [5.41, 5.74) is -0.742. The van der Waals surface area contributed by atoms with Crippen LogP contribution in [0.5, 0.6) is 0 Å². The third-order valence-corrected chi connectivity index (χ3v) is 3.49. The molecule has 0 saturated heterocycles. The highest BCUT2D eigenvalue weighted by Gasteiger charge is 2.19. The number of pyridine rings is 1. The van der Waals surface area contributed by atoms with Crippen molar-refractivity contribution in [3.8, 4) is 0 Å². The van der Waals surface area contributed by atoms with Crippen LogP contribution in [0.15, 0.2) is 53.5 Å². The van der Waals surface area contributed by atoms with Gasteiger partial charge in [-0.05, 0) is 38.1 Å². The average Bonchev–Trinajstić information content (AvgIpc) is 2.58. The number of hydrogen-bond donors (Lipinski definition) is 3. The van der Waals surface area contributed by atoms with Crippen LogP contribution in [0.4, 0.5) is 5.69 Å². The summed E-state index contributed by atoms with van der Waals surface area (Å²) < 4.78 is 1.20. The Morgan fingerprint density at radius 2 is 1.80 bits per heavy atom. The fourth-order valence-corrected chi connectivity index (χ4v) is 2.15. The maximum Gasteiger partial charge on any atom is 0.274 e. The van der Waals surface area contributed by atoms with Gasteiger partial charge in [-0.3, -0.25) is 14.4 Å². The molecule has 0 spiro atoms. The van der Waals surface area contributed by atoms with Crippen LogP contribution in [-0.2, 0) is 11.3 Å². The van der Waals surface area contributed by atoms with Crippen LogP contribution in [0.25, 0.3) is 0 Å². The Morgan fingerprint density at radius 1 is 1.12 bits per heavy atom. The van der Waals surface area contributed by atoms with Crippen molar-refractivity contribution in [2.45, 2.75) is 25.9 Å². The number of amides is 2. The number of aromatic nitrogens is 1. The van der Waals surface area contributed by atoms with Gasteiger partial charge in [-0.15, -0.1) is 0 Å². The molecule has 0 aliphatic rings. The third kappa shape index (κ3) is 5.02. The van der Waals surface area contributed by atoms with E-state index in [0.717, 1.165) is 0 Å². The minimum Gasteiger partial charge on any atom is -0.394 e. The molecule has 25 heavy (non-hydrogen) atoms. The van der Waals surface area contributed by atoms with Crippen molar-refractivity contribution >= 4 is 17.5 Å². The van der Waals surface area contributed by atoms with E-state index in [4.69, 9.17) is 0 Å². The van der Waals surface area contributed by atoms with Gasteiger partial charge < -0.3 is 20.3 Å². The second kappa shape index (κ2) is 7.76. The number of nitrogens with one attached hydrogen (secondary N) is 2. The van der Waals surface area contributed by atoms with E-state index in [9.17, 15) is 19.5 Å². The molecule has 1 aromatic carbocycles. The van der Waals surface area contributed by atoms with Gasteiger partial charge in [0, 0.05) is 11.8 Å². The Bertz CT molecular complexity index is 813. The maximum atomic E-state index is 12.4. The number of nitrogens with zero attached hydrogens (tertiary/aromatic N) is 1. The molecule has 2 rings (SSSR count). The lowest BCUT2D eigenvalue weighted by molar-refractivity contribution is -0.123. The average molecular weight is 343 g/mol. The van der Waals surface area contributed by atoms with E-state index < -0.39 is 22.9 Å². The standard InChI is InChI=1S/C18H21N3O4/c1-18(2,12-22)20-15(23)11-21-10-6-9-14(17(21)25)19-16(24)13-7-4-3-5-8-13/h3-10,22H,11-12H2,1-2H3,(H,19,24)(H,20,23). The molecule has 0 atom stereocenters. The molecule has 0 aliphatic carbocycles. The van der Waals surface area contributed by atoms with Gasteiger partial charge in [-0.25, -0.2) is 0 Å². The number of rotatable bonds is 6. The number of aliphatic hydroxyl groups is 1. The van der Waals surface area contributed by atoms with Crippen LogP contribution >= 0.6 is 0 Å². The lowest BCUT2D eigenvalue weighted by atomic mass is 10.1. The fraction of sp³-hybridized carbons (Fsp3) is 0.278. The molecule has 2 amide bonds. The van der Waals surface area contributed by atoms with Crippen LogP contribution in [0.2, 0.25) is 0 Å². The molecule has 0 fully saturated rings. The highest BCUT2D eigenvalue weighted by Crippen LogP contribution is 2.05. The van der Waals surface area contributed by atoms with Gasteiger partial charge >= 0.3 is 0 Å². The first-order valence-corrected chi connectivity index (χ1v) is 7.80. The van der Waals surface area contributed by atoms with Crippen LogP contribution in [0, 0.1) is 0 Å². The Balaban J connectivity index is 2.13. The molecule has 7 heteroatoms. The van der Waals surface area contributed by atoms with Crippen molar-refractivity contribution in [3.63, 3.8) is 0 Å². The SMILES string of the molecule is CC(C)(CO)NC(=O)Cn1cccc(NC(=O)c2ccccc2)c1=O. The van der Waals surface area contributed by atoms with Crippen molar-refractivity contribution in [1.29, 1.82) is 0 Å². The first-order chi connectivity index (χ1) is 11.8. The number of benzene rings is 1. The molecule has 0 unspecified atom stereocenters. The van der Waals surface area contributed by atoms with Gasteiger partial charge in [-0.1, -0.05) is 18.2 Å². The summed E-state index contributed by atoms with van der Waals surface area (Å²) >= 11 is 0. The van der Waals surface area contributed by atoms with Crippen molar-refractivity contribution in [3.05, 3.63) is 64.6 Å². The lowest BCUT2D eigenvalue weighted by Crippen LogP contribution is -2.48. The van der Waals surface area contributed by atoms with Crippen LogP contribution in [-0.4, -0.2) is 33.6 Å². The molecule has 0 radical (unpaired) electrons. The second-order valence-corrected chi connectivity index (χ2v) is 6.27. The van der Waals surface area contributed by atoms with Gasteiger partial charge in [0.2, 0.25) is 5.91 Å². The predicted octanol–water partition coefficient (Wildman–Crippen LogP) is 0.988. The monoisotopic (exact) mass is 343 g/mol. The van der Waals surface area contributed by atoms with Gasteiger partial charge in [-0.2, -0.15) is 0 Å². The molecule has 132 valence electrons. The largest absolute Gasteiger partial charge is 0.394 e. The molecule has 2 aromatic rings. The molecule has 0 aliphatic heterocycles. The van der Waals surface area contributed by atoms with Crippen molar-refractivity contribution < 1.29 is 14.7 Å². The smallest absolute Gasteiger partial charge is 0.274 e. The van der Waals surface area contributed by atoms with Crippen molar-refractivity contribution in [2.75, 3.05) is 11.9 Å². The van der Waals surface area contributed by atoms with E-state index in [0.29, 0.717) is 5.56 Å².